The quantitative estimate of drug-likeness (QED) is 0.725. The van der Waals surface area contributed by atoms with Crippen LogP contribution in [0.25, 0.3) is 11.4 Å². The summed E-state index contributed by atoms with van der Waals surface area (Å²) < 4.78 is 10.4. The van der Waals surface area contributed by atoms with Crippen LogP contribution in [-0.4, -0.2) is 23.2 Å². The van der Waals surface area contributed by atoms with E-state index in [1.807, 2.05) is 36.4 Å². The van der Waals surface area contributed by atoms with Gasteiger partial charge in [-0.3, -0.25) is 4.79 Å². The predicted octanol–water partition coefficient (Wildman–Crippen LogP) is 3.48. The number of carbonyl (C=O) groups excluding carboxylic acids is 1. The van der Waals surface area contributed by atoms with E-state index in [1.165, 1.54) is 11.1 Å². The van der Waals surface area contributed by atoms with Gasteiger partial charge >= 0.3 is 0 Å². The summed E-state index contributed by atoms with van der Waals surface area (Å²) in [6.45, 7) is 0. The first-order valence-corrected chi connectivity index (χ1v) is 9.07. The molecule has 138 valence electrons. The number of amides is 1. The van der Waals surface area contributed by atoms with Gasteiger partial charge in [-0.25, -0.2) is 0 Å². The average molecular weight is 363 g/mol. The Bertz CT molecular complexity index is 934. The number of ether oxygens (including phenoxy) is 1. The van der Waals surface area contributed by atoms with Crippen LogP contribution in [-0.2, 0) is 17.6 Å². The van der Waals surface area contributed by atoms with E-state index in [0.29, 0.717) is 24.6 Å². The lowest BCUT2D eigenvalue weighted by Crippen LogP contribution is -2.27. The van der Waals surface area contributed by atoms with Gasteiger partial charge < -0.3 is 14.6 Å². The first-order valence-electron chi connectivity index (χ1n) is 9.07. The molecule has 1 N–H and O–H groups in total. The second kappa shape index (κ2) is 7.61. The fraction of sp³-hybridized carbons (Fsp3) is 0.286. The van der Waals surface area contributed by atoms with Crippen LogP contribution in [0.15, 0.2) is 53.1 Å². The van der Waals surface area contributed by atoms with Crippen molar-refractivity contribution in [2.24, 2.45) is 0 Å². The molecule has 1 unspecified atom stereocenters. The van der Waals surface area contributed by atoms with Crippen LogP contribution >= 0.6 is 0 Å². The number of fused-ring (bicyclic) bond motifs is 1. The highest BCUT2D eigenvalue weighted by atomic mass is 16.5. The van der Waals surface area contributed by atoms with Crippen molar-refractivity contribution in [2.75, 3.05) is 7.11 Å². The van der Waals surface area contributed by atoms with Gasteiger partial charge in [-0.05, 0) is 48.2 Å². The Hall–Kier alpha value is -3.15. The summed E-state index contributed by atoms with van der Waals surface area (Å²) >= 11 is 0. The van der Waals surface area contributed by atoms with Gasteiger partial charge in [0.05, 0.1) is 13.2 Å². The topological polar surface area (TPSA) is 77.2 Å². The van der Waals surface area contributed by atoms with Crippen molar-refractivity contribution >= 4 is 5.91 Å². The van der Waals surface area contributed by atoms with Crippen molar-refractivity contribution in [2.45, 2.75) is 31.7 Å². The van der Waals surface area contributed by atoms with E-state index in [1.54, 1.807) is 7.11 Å². The molecule has 1 aliphatic rings. The van der Waals surface area contributed by atoms with Gasteiger partial charge in [-0.15, -0.1) is 0 Å². The number of hydrogen-bond acceptors (Lipinski definition) is 5. The first-order chi connectivity index (χ1) is 13.2. The molecule has 6 nitrogen and oxygen atoms in total. The Kier molecular flexibility index (Phi) is 4.87. The summed E-state index contributed by atoms with van der Waals surface area (Å²) in [7, 11) is 1.62. The van der Waals surface area contributed by atoms with Crippen molar-refractivity contribution in [3.8, 4) is 17.1 Å². The minimum absolute atomic E-state index is 0.000834. The molecule has 0 spiro atoms. The van der Waals surface area contributed by atoms with E-state index in [0.717, 1.165) is 24.2 Å². The van der Waals surface area contributed by atoms with Crippen molar-refractivity contribution in [3.63, 3.8) is 0 Å². The molecule has 1 atom stereocenters. The number of aromatic nitrogens is 2. The number of carbonyl (C=O) groups is 1. The summed E-state index contributed by atoms with van der Waals surface area (Å²) in [4.78, 5) is 16.7. The van der Waals surface area contributed by atoms with Crippen molar-refractivity contribution in [1.82, 2.24) is 15.5 Å². The molecular formula is C21H21N3O3. The average Bonchev–Trinajstić information content (AvgIpc) is 3.34. The Morgan fingerprint density at radius 3 is 2.85 bits per heavy atom. The number of hydrogen-bond donors (Lipinski definition) is 1. The molecule has 0 saturated carbocycles. The highest BCUT2D eigenvalue weighted by Crippen LogP contribution is 2.30. The Labute approximate surface area is 157 Å². The first kappa shape index (κ1) is 17.3. The van der Waals surface area contributed by atoms with E-state index in [4.69, 9.17) is 9.26 Å². The number of rotatable bonds is 6. The molecule has 6 heteroatoms. The number of aryl methyl sites for hydroxylation is 2. The fourth-order valence-corrected chi connectivity index (χ4v) is 3.41. The maximum Gasteiger partial charge on any atom is 0.227 e. The molecule has 4 rings (SSSR count). The molecule has 0 saturated heterocycles. The minimum Gasteiger partial charge on any atom is -0.497 e. The summed E-state index contributed by atoms with van der Waals surface area (Å²) in [6.07, 6.45) is 2.70. The smallest absolute Gasteiger partial charge is 0.227 e. The Morgan fingerprint density at radius 1 is 1.22 bits per heavy atom. The highest BCUT2D eigenvalue weighted by molar-refractivity contribution is 5.76. The van der Waals surface area contributed by atoms with Gasteiger partial charge in [-0.1, -0.05) is 29.4 Å². The van der Waals surface area contributed by atoms with Crippen LogP contribution in [0.4, 0.5) is 0 Å². The van der Waals surface area contributed by atoms with E-state index in [2.05, 4.69) is 27.6 Å². The van der Waals surface area contributed by atoms with E-state index >= 15 is 0 Å². The monoisotopic (exact) mass is 363 g/mol. The van der Waals surface area contributed by atoms with Crippen LogP contribution in [0.5, 0.6) is 5.75 Å². The molecule has 0 bridgehead atoms. The maximum atomic E-state index is 12.3. The molecule has 1 aromatic heterocycles. The van der Waals surface area contributed by atoms with Crippen LogP contribution in [0.2, 0.25) is 0 Å². The van der Waals surface area contributed by atoms with Gasteiger partial charge in [-0.2, -0.15) is 4.98 Å². The molecular weight excluding hydrogens is 342 g/mol. The third-order valence-corrected chi connectivity index (χ3v) is 4.85. The molecule has 1 heterocycles. The number of nitrogens with one attached hydrogen (secondary N) is 1. The summed E-state index contributed by atoms with van der Waals surface area (Å²) in [5.74, 6) is 1.74. The molecule has 0 aliphatic heterocycles. The van der Waals surface area contributed by atoms with Crippen LogP contribution in [0.1, 0.15) is 35.9 Å². The third kappa shape index (κ3) is 3.84. The van der Waals surface area contributed by atoms with E-state index in [9.17, 15) is 4.79 Å². The Balaban J connectivity index is 1.33. The maximum absolute atomic E-state index is 12.3. The van der Waals surface area contributed by atoms with Crippen LogP contribution in [0, 0.1) is 0 Å². The standard InChI is InChI=1S/C21H21N3O3/c1-26-16-9-6-15(7-10-16)21-23-20(27-24-21)13-12-19(25)22-18-11-8-14-4-2-3-5-17(14)18/h2-7,9-10,18H,8,11-13H2,1H3,(H,22,25). The van der Waals surface area contributed by atoms with Crippen LogP contribution < -0.4 is 10.1 Å². The van der Waals surface area contributed by atoms with Crippen LogP contribution in [0.3, 0.4) is 0 Å². The minimum atomic E-state index is 0.000834. The van der Waals surface area contributed by atoms with Crippen molar-refractivity contribution < 1.29 is 14.1 Å². The number of nitrogens with zero attached hydrogens (tertiary/aromatic N) is 2. The van der Waals surface area contributed by atoms with Gasteiger partial charge in [0.15, 0.2) is 0 Å². The third-order valence-electron chi connectivity index (χ3n) is 4.85. The molecule has 0 radical (unpaired) electrons. The highest BCUT2D eigenvalue weighted by Gasteiger charge is 2.23. The summed E-state index contributed by atoms with van der Waals surface area (Å²) in [5, 5.41) is 7.11. The van der Waals surface area contributed by atoms with Crippen molar-refractivity contribution in [3.05, 3.63) is 65.5 Å². The van der Waals surface area contributed by atoms with E-state index < -0.39 is 0 Å². The second-order valence-electron chi connectivity index (χ2n) is 6.60. The normalized spacial score (nSPS) is 15.4. The van der Waals surface area contributed by atoms with Gasteiger partial charge in [0.2, 0.25) is 17.6 Å². The zero-order valence-corrected chi connectivity index (χ0v) is 15.1. The lowest BCUT2D eigenvalue weighted by Gasteiger charge is -2.13. The second-order valence-corrected chi connectivity index (χ2v) is 6.60. The van der Waals surface area contributed by atoms with Gasteiger partial charge in [0.1, 0.15) is 5.75 Å². The molecule has 2 aromatic carbocycles. The van der Waals surface area contributed by atoms with Gasteiger partial charge in [0.25, 0.3) is 0 Å². The SMILES string of the molecule is COc1ccc(-c2noc(CCC(=O)NC3CCc4ccccc43)n2)cc1. The molecule has 0 fully saturated rings. The largest absolute Gasteiger partial charge is 0.497 e. The fourth-order valence-electron chi connectivity index (χ4n) is 3.41. The molecule has 1 aliphatic carbocycles. The Morgan fingerprint density at radius 2 is 2.04 bits per heavy atom. The number of methoxy groups -OCH3 is 1. The molecule has 3 aromatic rings. The number of benzene rings is 2. The molecule has 1 amide bonds. The predicted molar refractivity (Wildman–Crippen MR) is 100 cm³/mol. The molecule has 27 heavy (non-hydrogen) atoms. The summed E-state index contributed by atoms with van der Waals surface area (Å²) in [6, 6.07) is 15.8. The lowest BCUT2D eigenvalue weighted by atomic mass is 10.1. The van der Waals surface area contributed by atoms with Gasteiger partial charge in [0, 0.05) is 18.4 Å². The zero-order chi connectivity index (χ0) is 18.6. The zero-order valence-electron chi connectivity index (χ0n) is 15.1. The lowest BCUT2D eigenvalue weighted by molar-refractivity contribution is -0.121. The van der Waals surface area contributed by atoms with E-state index in [-0.39, 0.29) is 11.9 Å². The summed E-state index contributed by atoms with van der Waals surface area (Å²) in [5.41, 5.74) is 3.40. The van der Waals surface area contributed by atoms with Crippen molar-refractivity contribution in [1.29, 1.82) is 0 Å².